The average molecular weight is 300 g/mol. The van der Waals surface area contributed by atoms with E-state index in [0.717, 1.165) is 22.8 Å². The Bertz CT molecular complexity index is 716. The molecule has 0 saturated carbocycles. The predicted molar refractivity (Wildman–Crippen MR) is 81.6 cm³/mol. The van der Waals surface area contributed by atoms with Crippen molar-refractivity contribution in [3.8, 4) is 5.69 Å². The zero-order valence-electron chi connectivity index (χ0n) is 12.1. The fraction of sp³-hybridized carbons (Fsp3) is 0.267. The normalized spacial score (nSPS) is 12.5. The first-order chi connectivity index (χ1) is 10.1. The number of hydrogen-bond donors (Lipinski definition) is 0. The van der Waals surface area contributed by atoms with Crippen LogP contribution in [-0.2, 0) is 0 Å². The third-order valence-corrected chi connectivity index (χ3v) is 4.21. The van der Waals surface area contributed by atoms with Crippen LogP contribution in [0.1, 0.15) is 29.3 Å². The molecule has 2 heterocycles. The Kier molecular flexibility index (Phi) is 3.79. The second-order valence-electron chi connectivity index (χ2n) is 4.80. The van der Waals surface area contributed by atoms with Gasteiger partial charge in [-0.2, -0.15) is 0 Å². The molecule has 0 bridgehead atoms. The Morgan fingerprint density at radius 1 is 1.19 bits per heavy atom. The number of rotatable bonds is 4. The fourth-order valence-corrected chi connectivity index (χ4v) is 2.77. The smallest absolute Gasteiger partial charge is 0.256 e. The summed E-state index contributed by atoms with van der Waals surface area (Å²) in [6.45, 7) is 5.93. The summed E-state index contributed by atoms with van der Waals surface area (Å²) in [6.07, 6.45) is 1.94. The lowest BCUT2D eigenvalue weighted by Crippen LogP contribution is -1.93. The van der Waals surface area contributed by atoms with Crippen molar-refractivity contribution in [2.75, 3.05) is 0 Å². The van der Waals surface area contributed by atoms with Gasteiger partial charge in [0.05, 0.1) is 28.5 Å². The number of hydrogen-bond acceptors (Lipinski definition) is 5. The lowest BCUT2D eigenvalue weighted by molar-refractivity contribution is 0.430. The summed E-state index contributed by atoms with van der Waals surface area (Å²) >= 11 is 1.55. The van der Waals surface area contributed by atoms with Gasteiger partial charge in [0.1, 0.15) is 5.76 Å². The molecule has 0 saturated heterocycles. The number of thioether (sulfide) groups is 1. The van der Waals surface area contributed by atoms with E-state index in [9.17, 15) is 0 Å². The van der Waals surface area contributed by atoms with Crippen molar-refractivity contribution >= 4 is 11.8 Å². The van der Waals surface area contributed by atoms with E-state index in [1.807, 2.05) is 50.4 Å². The summed E-state index contributed by atoms with van der Waals surface area (Å²) < 4.78 is 7.37. The molecule has 1 aromatic carbocycles. The molecule has 0 aliphatic heterocycles. The van der Waals surface area contributed by atoms with Gasteiger partial charge in [-0.1, -0.05) is 35.2 Å². The minimum atomic E-state index is 0.125. The van der Waals surface area contributed by atoms with E-state index < -0.39 is 0 Å². The van der Waals surface area contributed by atoms with Gasteiger partial charge in [0, 0.05) is 0 Å². The topological polar surface area (TPSA) is 56.7 Å². The van der Waals surface area contributed by atoms with Crippen LogP contribution in [0.5, 0.6) is 0 Å². The van der Waals surface area contributed by atoms with Gasteiger partial charge in [0.15, 0.2) is 0 Å². The molecule has 1 atom stereocenters. The predicted octanol–water partition coefficient (Wildman–Crippen LogP) is 3.73. The molecule has 2 aromatic heterocycles. The Balaban J connectivity index is 1.76. The van der Waals surface area contributed by atoms with E-state index in [0.29, 0.717) is 5.22 Å². The van der Waals surface area contributed by atoms with Crippen LogP contribution in [0, 0.1) is 13.8 Å². The number of oxazole rings is 1. The largest absolute Gasteiger partial charge is 0.437 e. The highest BCUT2D eigenvalue weighted by atomic mass is 32.2. The summed E-state index contributed by atoms with van der Waals surface area (Å²) in [6, 6.07) is 9.93. The molecule has 108 valence electrons. The van der Waals surface area contributed by atoms with E-state index >= 15 is 0 Å². The summed E-state index contributed by atoms with van der Waals surface area (Å²) in [5, 5.41) is 9.21. The Morgan fingerprint density at radius 2 is 1.95 bits per heavy atom. The Morgan fingerprint density at radius 3 is 2.62 bits per heavy atom. The average Bonchev–Trinajstić information content (AvgIpc) is 3.08. The van der Waals surface area contributed by atoms with Crippen molar-refractivity contribution in [2.45, 2.75) is 31.2 Å². The summed E-state index contributed by atoms with van der Waals surface area (Å²) in [5.41, 5.74) is 2.83. The zero-order valence-corrected chi connectivity index (χ0v) is 13.0. The molecule has 0 aliphatic rings. The van der Waals surface area contributed by atoms with E-state index in [-0.39, 0.29) is 5.25 Å². The van der Waals surface area contributed by atoms with Crippen LogP contribution in [0.3, 0.4) is 0 Å². The Hall–Kier alpha value is -2.08. The van der Waals surface area contributed by atoms with Gasteiger partial charge in [-0.3, -0.25) is 0 Å². The van der Waals surface area contributed by atoms with E-state index in [2.05, 4.69) is 22.2 Å². The minimum absolute atomic E-state index is 0.125. The third kappa shape index (κ3) is 3.00. The number of aryl methyl sites for hydroxylation is 2. The van der Waals surface area contributed by atoms with Gasteiger partial charge >= 0.3 is 0 Å². The highest BCUT2D eigenvalue weighted by Gasteiger charge is 2.16. The summed E-state index contributed by atoms with van der Waals surface area (Å²) in [7, 11) is 0. The molecule has 21 heavy (non-hydrogen) atoms. The zero-order chi connectivity index (χ0) is 14.8. The number of aromatic nitrogens is 4. The van der Waals surface area contributed by atoms with Gasteiger partial charge < -0.3 is 4.42 Å². The minimum Gasteiger partial charge on any atom is -0.437 e. The summed E-state index contributed by atoms with van der Waals surface area (Å²) in [5.74, 6) is 0.859. The van der Waals surface area contributed by atoms with Gasteiger partial charge in [-0.15, -0.1) is 5.10 Å². The van der Waals surface area contributed by atoms with Gasteiger partial charge in [-0.25, -0.2) is 9.67 Å². The SMILES string of the molecule is Cc1nc(SC(C)c2cn(-c3ccccc3)nn2)oc1C. The molecular formula is C15H16N4OS. The highest BCUT2D eigenvalue weighted by molar-refractivity contribution is 7.99. The maximum Gasteiger partial charge on any atom is 0.256 e. The van der Waals surface area contributed by atoms with Crippen LogP contribution in [0.4, 0.5) is 0 Å². The maximum atomic E-state index is 5.59. The Labute approximate surface area is 127 Å². The maximum absolute atomic E-state index is 5.59. The fourth-order valence-electron chi connectivity index (χ4n) is 1.88. The molecular weight excluding hydrogens is 284 g/mol. The van der Waals surface area contributed by atoms with Crippen LogP contribution in [0.15, 0.2) is 46.2 Å². The van der Waals surface area contributed by atoms with Crippen molar-refractivity contribution in [2.24, 2.45) is 0 Å². The molecule has 3 rings (SSSR count). The van der Waals surface area contributed by atoms with E-state index in [1.165, 1.54) is 0 Å². The van der Waals surface area contributed by atoms with Gasteiger partial charge in [0.2, 0.25) is 0 Å². The molecule has 6 heteroatoms. The first-order valence-corrected chi connectivity index (χ1v) is 7.60. The van der Waals surface area contributed by atoms with E-state index in [4.69, 9.17) is 4.42 Å². The number of benzene rings is 1. The molecule has 3 aromatic rings. The third-order valence-electron chi connectivity index (χ3n) is 3.23. The second kappa shape index (κ2) is 5.73. The van der Waals surface area contributed by atoms with Crippen LogP contribution in [0.25, 0.3) is 5.69 Å². The van der Waals surface area contributed by atoms with Crippen LogP contribution < -0.4 is 0 Å². The molecule has 1 unspecified atom stereocenters. The van der Waals surface area contributed by atoms with Crippen molar-refractivity contribution in [3.05, 3.63) is 53.7 Å². The number of nitrogens with zero attached hydrogens (tertiary/aromatic N) is 4. The molecule has 0 radical (unpaired) electrons. The van der Waals surface area contributed by atoms with Crippen molar-refractivity contribution < 1.29 is 4.42 Å². The van der Waals surface area contributed by atoms with Crippen LogP contribution in [-0.4, -0.2) is 20.0 Å². The molecule has 5 nitrogen and oxygen atoms in total. The van der Waals surface area contributed by atoms with Crippen molar-refractivity contribution in [1.82, 2.24) is 20.0 Å². The number of para-hydroxylation sites is 1. The molecule has 0 fully saturated rings. The summed E-state index contributed by atoms with van der Waals surface area (Å²) in [4.78, 5) is 4.38. The first kappa shape index (κ1) is 13.9. The molecule has 0 spiro atoms. The van der Waals surface area contributed by atoms with Gasteiger partial charge in [0.25, 0.3) is 5.22 Å². The second-order valence-corrected chi connectivity index (χ2v) is 6.10. The molecule has 0 aliphatic carbocycles. The quantitative estimate of drug-likeness (QED) is 0.687. The first-order valence-electron chi connectivity index (χ1n) is 6.72. The lowest BCUT2D eigenvalue weighted by atomic mass is 10.3. The monoisotopic (exact) mass is 300 g/mol. The van der Waals surface area contributed by atoms with Crippen molar-refractivity contribution in [3.63, 3.8) is 0 Å². The molecule has 0 N–H and O–H groups in total. The van der Waals surface area contributed by atoms with Crippen molar-refractivity contribution in [1.29, 1.82) is 0 Å². The van der Waals surface area contributed by atoms with Crippen LogP contribution in [0.2, 0.25) is 0 Å². The molecule has 0 amide bonds. The lowest BCUT2D eigenvalue weighted by Gasteiger charge is -2.03. The van der Waals surface area contributed by atoms with Crippen LogP contribution >= 0.6 is 11.8 Å². The van der Waals surface area contributed by atoms with E-state index in [1.54, 1.807) is 16.4 Å². The standard InChI is InChI=1S/C15H16N4OS/c1-10-11(2)20-15(16-10)21-12(3)14-9-19(18-17-14)13-7-5-4-6-8-13/h4-9,12H,1-3H3. The highest BCUT2D eigenvalue weighted by Crippen LogP contribution is 2.34. The van der Waals surface area contributed by atoms with Gasteiger partial charge in [-0.05, 0) is 32.9 Å².